The van der Waals surface area contributed by atoms with Gasteiger partial charge in [-0.05, 0) is 30.6 Å². The summed E-state index contributed by atoms with van der Waals surface area (Å²) in [6, 6.07) is 0.714. The van der Waals surface area contributed by atoms with Crippen molar-refractivity contribution in [1.82, 2.24) is 5.32 Å². The highest BCUT2D eigenvalue weighted by Crippen LogP contribution is 2.34. The number of nitrogens with one attached hydrogen (secondary N) is 1. The molecule has 0 bridgehead atoms. The first kappa shape index (κ1) is 14.0. The van der Waals surface area contributed by atoms with Gasteiger partial charge in [0.25, 0.3) is 0 Å². The van der Waals surface area contributed by atoms with Gasteiger partial charge in [-0.3, -0.25) is 0 Å². The number of hydrogen-bond donors (Lipinski definition) is 1. The lowest BCUT2D eigenvalue weighted by Crippen LogP contribution is -2.38. The molecule has 96 valence electrons. The van der Waals surface area contributed by atoms with E-state index in [1.54, 1.807) is 0 Å². The average Bonchev–Trinajstić information content (AvgIpc) is 2.15. The summed E-state index contributed by atoms with van der Waals surface area (Å²) >= 11 is 0. The molecule has 1 fully saturated rings. The van der Waals surface area contributed by atoms with E-state index in [-0.39, 0.29) is 0 Å². The summed E-state index contributed by atoms with van der Waals surface area (Å²) in [4.78, 5) is 0. The van der Waals surface area contributed by atoms with E-state index in [0.717, 1.165) is 19.8 Å². The Kier molecular flexibility index (Phi) is 5.77. The first-order chi connectivity index (χ1) is 7.49. The van der Waals surface area contributed by atoms with E-state index in [0.29, 0.717) is 17.4 Å². The second-order valence-electron chi connectivity index (χ2n) is 6.38. The molecular formula is C14H29NO. The Morgan fingerprint density at radius 3 is 2.75 bits per heavy atom. The topological polar surface area (TPSA) is 21.3 Å². The standard InChI is InChI=1S/C14H29NO/c1-12(2)11-16-9-8-15-13-6-5-7-14(3,4)10-13/h12-13,15H,5-11H2,1-4H3. The summed E-state index contributed by atoms with van der Waals surface area (Å²) in [5.41, 5.74) is 0.536. The van der Waals surface area contributed by atoms with Gasteiger partial charge in [0, 0.05) is 19.2 Å². The number of rotatable bonds is 6. The van der Waals surface area contributed by atoms with E-state index in [1.165, 1.54) is 25.7 Å². The number of hydrogen-bond acceptors (Lipinski definition) is 2. The van der Waals surface area contributed by atoms with Crippen molar-refractivity contribution in [2.45, 2.75) is 59.4 Å². The van der Waals surface area contributed by atoms with Crippen LogP contribution in [0.3, 0.4) is 0 Å². The predicted molar refractivity (Wildman–Crippen MR) is 69.7 cm³/mol. The zero-order valence-electron chi connectivity index (χ0n) is 11.5. The third kappa shape index (κ3) is 5.86. The molecule has 0 aromatic heterocycles. The Bertz CT molecular complexity index is 189. The van der Waals surface area contributed by atoms with E-state index < -0.39 is 0 Å². The van der Waals surface area contributed by atoms with Crippen molar-refractivity contribution in [2.75, 3.05) is 19.8 Å². The molecule has 0 amide bonds. The highest BCUT2D eigenvalue weighted by Gasteiger charge is 2.27. The summed E-state index contributed by atoms with van der Waals surface area (Å²) in [6.45, 7) is 11.9. The minimum atomic E-state index is 0.536. The highest BCUT2D eigenvalue weighted by atomic mass is 16.5. The van der Waals surface area contributed by atoms with E-state index in [1.807, 2.05) is 0 Å². The molecule has 0 aromatic rings. The zero-order valence-corrected chi connectivity index (χ0v) is 11.5. The fourth-order valence-corrected chi connectivity index (χ4v) is 2.53. The second kappa shape index (κ2) is 6.61. The Hall–Kier alpha value is -0.0800. The molecule has 0 aliphatic heterocycles. The van der Waals surface area contributed by atoms with E-state index in [4.69, 9.17) is 4.74 Å². The van der Waals surface area contributed by atoms with Crippen molar-refractivity contribution in [3.8, 4) is 0 Å². The molecule has 0 heterocycles. The van der Waals surface area contributed by atoms with Crippen LogP contribution in [-0.4, -0.2) is 25.8 Å². The Morgan fingerprint density at radius 2 is 2.12 bits per heavy atom. The summed E-state index contributed by atoms with van der Waals surface area (Å²) in [7, 11) is 0. The van der Waals surface area contributed by atoms with Gasteiger partial charge >= 0.3 is 0 Å². The van der Waals surface area contributed by atoms with Crippen molar-refractivity contribution < 1.29 is 4.74 Å². The monoisotopic (exact) mass is 227 g/mol. The highest BCUT2D eigenvalue weighted by molar-refractivity contribution is 4.83. The lowest BCUT2D eigenvalue weighted by Gasteiger charge is -2.35. The maximum absolute atomic E-state index is 5.58. The van der Waals surface area contributed by atoms with Gasteiger partial charge < -0.3 is 10.1 Å². The minimum Gasteiger partial charge on any atom is -0.380 e. The lowest BCUT2D eigenvalue weighted by atomic mass is 9.75. The zero-order chi connectivity index (χ0) is 12.0. The smallest absolute Gasteiger partial charge is 0.0591 e. The van der Waals surface area contributed by atoms with Gasteiger partial charge in [0.2, 0.25) is 0 Å². The van der Waals surface area contributed by atoms with Gasteiger partial charge in [0.05, 0.1) is 6.61 Å². The fraction of sp³-hybridized carbons (Fsp3) is 1.00. The molecule has 1 unspecified atom stereocenters. The first-order valence-electron chi connectivity index (χ1n) is 6.81. The van der Waals surface area contributed by atoms with Crippen molar-refractivity contribution in [1.29, 1.82) is 0 Å². The van der Waals surface area contributed by atoms with Crippen molar-refractivity contribution in [3.63, 3.8) is 0 Å². The summed E-state index contributed by atoms with van der Waals surface area (Å²) < 4.78 is 5.58. The van der Waals surface area contributed by atoms with Crippen molar-refractivity contribution in [3.05, 3.63) is 0 Å². The summed E-state index contributed by atoms with van der Waals surface area (Å²) in [5, 5.41) is 3.63. The van der Waals surface area contributed by atoms with Crippen LogP contribution < -0.4 is 5.32 Å². The van der Waals surface area contributed by atoms with Gasteiger partial charge in [0.15, 0.2) is 0 Å². The largest absolute Gasteiger partial charge is 0.380 e. The van der Waals surface area contributed by atoms with Crippen LogP contribution in [-0.2, 0) is 4.74 Å². The van der Waals surface area contributed by atoms with Crippen molar-refractivity contribution >= 4 is 0 Å². The molecular weight excluding hydrogens is 198 g/mol. The van der Waals surface area contributed by atoms with Gasteiger partial charge in [-0.1, -0.05) is 34.1 Å². The van der Waals surface area contributed by atoms with Crippen LogP contribution in [0, 0.1) is 11.3 Å². The molecule has 2 nitrogen and oxygen atoms in total. The molecule has 0 radical (unpaired) electrons. The molecule has 1 saturated carbocycles. The molecule has 2 heteroatoms. The molecule has 0 aromatic carbocycles. The fourth-order valence-electron chi connectivity index (χ4n) is 2.53. The van der Waals surface area contributed by atoms with Crippen LogP contribution in [0.1, 0.15) is 53.4 Å². The quantitative estimate of drug-likeness (QED) is 0.704. The molecule has 16 heavy (non-hydrogen) atoms. The van der Waals surface area contributed by atoms with Gasteiger partial charge in [-0.25, -0.2) is 0 Å². The Morgan fingerprint density at radius 1 is 1.38 bits per heavy atom. The average molecular weight is 227 g/mol. The van der Waals surface area contributed by atoms with E-state index in [2.05, 4.69) is 33.0 Å². The minimum absolute atomic E-state index is 0.536. The van der Waals surface area contributed by atoms with Crippen LogP contribution >= 0.6 is 0 Å². The molecule has 0 spiro atoms. The molecule has 1 atom stereocenters. The SMILES string of the molecule is CC(C)COCCNC1CCCC(C)(C)C1. The van der Waals surface area contributed by atoms with Crippen LogP contribution in [0.15, 0.2) is 0 Å². The third-order valence-electron chi connectivity index (χ3n) is 3.34. The van der Waals surface area contributed by atoms with Crippen molar-refractivity contribution in [2.24, 2.45) is 11.3 Å². The molecule has 1 aliphatic carbocycles. The maximum atomic E-state index is 5.58. The van der Waals surface area contributed by atoms with E-state index in [9.17, 15) is 0 Å². The molecule has 1 N–H and O–H groups in total. The maximum Gasteiger partial charge on any atom is 0.0591 e. The van der Waals surface area contributed by atoms with E-state index >= 15 is 0 Å². The summed E-state index contributed by atoms with van der Waals surface area (Å²) in [6.07, 6.45) is 5.41. The van der Waals surface area contributed by atoms with Gasteiger partial charge in [-0.2, -0.15) is 0 Å². The second-order valence-corrected chi connectivity index (χ2v) is 6.38. The molecule has 1 aliphatic rings. The lowest BCUT2D eigenvalue weighted by molar-refractivity contribution is 0.105. The third-order valence-corrected chi connectivity index (χ3v) is 3.34. The predicted octanol–water partition coefficient (Wildman–Crippen LogP) is 3.22. The van der Waals surface area contributed by atoms with Gasteiger partial charge in [0.1, 0.15) is 0 Å². The van der Waals surface area contributed by atoms with Gasteiger partial charge in [-0.15, -0.1) is 0 Å². The molecule has 1 rings (SSSR count). The van der Waals surface area contributed by atoms with Crippen LogP contribution in [0.5, 0.6) is 0 Å². The van der Waals surface area contributed by atoms with Crippen LogP contribution in [0.4, 0.5) is 0 Å². The van der Waals surface area contributed by atoms with Crippen LogP contribution in [0.2, 0.25) is 0 Å². The first-order valence-corrected chi connectivity index (χ1v) is 6.81. The Balaban J connectivity index is 2.04. The van der Waals surface area contributed by atoms with Crippen LogP contribution in [0.25, 0.3) is 0 Å². The Labute approximate surface area is 101 Å². The molecule has 0 saturated heterocycles. The normalized spacial score (nSPS) is 24.9. The number of ether oxygens (including phenoxy) is 1. The summed E-state index contributed by atoms with van der Waals surface area (Å²) in [5.74, 6) is 0.647.